The number of nitrogens with zero attached hydrogens (tertiary/aromatic N) is 3. The molecule has 0 saturated heterocycles. The monoisotopic (exact) mass is 242 g/mol. The molecule has 0 saturated carbocycles. The first-order chi connectivity index (χ1) is 7.49. The van der Waals surface area contributed by atoms with Crippen LogP contribution in [0.1, 0.15) is 6.92 Å². The summed E-state index contributed by atoms with van der Waals surface area (Å²) in [4.78, 5) is 26.5. The van der Waals surface area contributed by atoms with E-state index in [0.717, 1.165) is 0 Å². The van der Waals surface area contributed by atoms with Gasteiger partial charge in [0.1, 0.15) is 0 Å². The molecule has 0 heterocycles. The largest absolute Gasteiger partial charge is 0.369 e. The van der Waals surface area contributed by atoms with Crippen LogP contribution < -0.4 is 5.73 Å². The van der Waals surface area contributed by atoms with Crippen molar-refractivity contribution in [2.75, 3.05) is 25.1 Å². The molecule has 0 aromatic heterocycles. The van der Waals surface area contributed by atoms with Gasteiger partial charge in [0.05, 0.1) is 5.75 Å². The summed E-state index contributed by atoms with van der Waals surface area (Å²) < 4.78 is 0. The van der Waals surface area contributed by atoms with E-state index in [1.165, 1.54) is 18.7 Å². The molecule has 0 amide bonds. The minimum Gasteiger partial charge on any atom is -0.369 e. The van der Waals surface area contributed by atoms with E-state index in [4.69, 9.17) is 11.0 Å². The van der Waals surface area contributed by atoms with E-state index in [9.17, 15) is 9.59 Å². The molecule has 0 aliphatic rings. The molecule has 0 aromatic rings. The molecule has 0 aliphatic carbocycles. The number of aliphatic imine (C=N–C) groups is 1. The number of thioether (sulfide) groups is 1. The molecule has 0 aromatic carbocycles. The molecule has 0 bridgehead atoms. The standard InChI is InChI=1S/C9H14N4O2S/c1-7(14)8(15)5-16-4-3-13(2)9(11)12-6-10/h3-5H2,1-2H3,(H2,11,12). The second kappa shape index (κ2) is 7.70. The highest BCUT2D eigenvalue weighted by Crippen LogP contribution is 2.01. The van der Waals surface area contributed by atoms with Gasteiger partial charge in [-0.3, -0.25) is 9.59 Å². The van der Waals surface area contributed by atoms with Crippen LogP contribution in [0.15, 0.2) is 4.99 Å². The Morgan fingerprint density at radius 2 is 2.19 bits per heavy atom. The van der Waals surface area contributed by atoms with Crippen molar-refractivity contribution in [3.05, 3.63) is 0 Å². The van der Waals surface area contributed by atoms with Crippen LogP contribution in [0.25, 0.3) is 0 Å². The smallest absolute Gasteiger partial charge is 0.209 e. The third kappa shape index (κ3) is 6.03. The van der Waals surface area contributed by atoms with Crippen LogP contribution in [0.3, 0.4) is 0 Å². The number of Topliss-reactive ketones (excluding diaryl/α,β-unsaturated/α-hetero) is 2. The number of rotatable bonds is 6. The summed E-state index contributed by atoms with van der Waals surface area (Å²) in [5.74, 6) is 0.147. The fraction of sp³-hybridized carbons (Fsp3) is 0.556. The lowest BCUT2D eigenvalue weighted by Crippen LogP contribution is -2.35. The highest BCUT2D eigenvalue weighted by Gasteiger charge is 2.07. The van der Waals surface area contributed by atoms with E-state index in [2.05, 4.69) is 4.99 Å². The molecule has 16 heavy (non-hydrogen) atoms. The summed E-state index contributed by atoms with van der Waals surface area (Å²) in [6, 6.07) is 0. The van der Waals surface area contributed by atoms with E-state index in [0.29, 0.717) is 12.3 Å². The van der Waals surface area contributed by atoms with Crippen LogP contribution in [0.2, 0.25) is 0 Å². The van der Waals surface area contributed by atoms with Gasteiger partial charge in [0.15, 0.2) is 5.78 Å². The van der Waals surface area contributed by atoms with E-state index < -0.39 is 5.78 Å². The molecular formula is C9H14N4O2S. The van der Waals surface area contributed by atoms with Gasteiger partial charge in [0.2, 0.25) is 17.9 Å². The van der Waals surface area contributed by atoms with Gasteiger partial charge in [0.25, 0.3) is 0 Å². The second-order valence-electron chi connectivity index (χ2n) is 3.02. The van der Waals surface area contributed by atoms with Crippen molar-refractivity contribution < 1.29 is 9.59 Å². The first-order valence-corrected chi connectivity index (χ1v) is 5.69. The SMILES string of the molecule is CC(=O)C(=O)CSCCN(C)C(N)=NC#N. The van der Waals surface area contributed by atoms with Gasteiger partial charge in [-0.2, -0.15) is 17.0 Å². The predicted molar refractivity (Wildman–Crippen MR) is 62.9 cm³/mol. The first-order valence-electron chi connectivity index (χ1n) is 4.54. The molecule has 0 atom stereocenters. The summed E-state index contributed by atoms with van der Waals surface area (Å²) in [5, 5.41) is 8.26. The van der Waals surface area contributed by atoms with Crippen LogP contribution in [0, 0.1) is 11.5 Å². The Morgan fingerprint density at radius 3 is 2.69 bits per heavy atom. The molecule has 2 N–H and O–H groups in total. The molecule has 88 valence electrons. The molecule has 7 heteroatoms. The summed E-state index contributed by atoms with van der Waals surface area (Å²) in [7, 11) is 1.70. The molecule has 0 radical (unpaired) electrons. The van der Waals surface area contributed by atoms with Crippen molar-refractivity contribution in [3.63, 3.8) is 0 Å². The van der Waals surface area contributed by atoms with E-state index >= 15 is 0 Å². The Balaban J connectivity index is 3.76. The average Bonchev–Trinajstić information content (AvgIpc) is 2.23. The van der Waals surface area contributed by atoms with Gasteiger partial charge in [0, 0.05) is 26.3 Å². The van der Waals surface area contributed by atoms with Crippen molar-refractivity contribution in [1.82, 2.24) is 4.90 Å². The predicted octanol–water partition coefficient (Wildman–Crippen LogP) is -0.395. The normalized spacial score (nSPS) is 10.7. The highest BCUT2D eigenvalue weighted by atomic mass is 32.2. The number of carbonyl (C=O) groups excluding carboxylic acids is 2. The average molecular weight is 242 g/mol. The Hall–Kier alpha value is -1.55. The van der Waals surface area contributed by atoms with Crippen molar-refractivity contribution in [3.8, 4) is 6.19 Å². The minimum absolute atomic E-state index is 0.140. The van der Waals surface area contributed by atoms with Crippen LogP contribution in [0.4, 0.5) is 0 Å². The lowest BCUT2D eigenvalue weighted by molar-refractivity contribution is -0.133. The zero-order valence-electron chi connectivity index (χ0n) is 9.27. The zero-order valence-corrected chi connectivity index (χ0v) is 10.1. The number of nitrogens with two attached hydrogens (primary N) is 1. The van der Waals surface area contributed by atoms with Gasteiger partial charge in [-0.25, -0.2) is 0 Å². The molecular weight excluding hydrogens is 228 g/mol. The maximum absolute atomic E-state index is 10.9. The maximum atomic E-state index is 10.9. The lowest BCUT2D eigenvalue weighted by Gasteiger charge is -2.15. The van der Waals surface area contributed by atoms with Gasteiger partial charge in [-0.1, -0.05) is 0 Å². The van der Waals surface area contributed by atoms with Gasteiger partial charge in [-0.15, -0.1) is 4.99 Å². The molecule has 0 fully saturated rings. The maximum Gasteiger partial charge on any atom is 0.209 e. The molecule has 0 unspecified atom stereocenters. The number of carbonyl (C=O) groups is 2. The van der Waals surface area contributed by atoms with Crippen molar-refractivity contribution in [2.45, 2.75) is 6.92 Å². The van der Waals surface area contributed by atoms with E-state index in [1.54, 1.807) is 18.1 Å². The minimum atomic E-state index is -0.425. The third-order valence-electron chi connectivity index (χ3n) is 1.75. The van der Waals surface area contributed by atoms with Crippen LogP contribution in [-0.4, -0.2) is 47.5 Å². The third-order valence-corrected chi connectivity index (χ3v) is 2.69. The van der Waals surface area contributed by atoms with Crippen LogP contribution in [-0.2, 0) is 9.59 Å². The quantitative estimate of drug-likeness (QED) is 0.224. The Kier molecular flexibility index (Phi) is 6.96. The number of hydrogen-bond acceptors (Lipinski definition) is 5. The summed E-state index contributed by atoms with van der Waals surface area (Å²) >= 11 is 1.35. The van der Waals surface area contributed by atoms with Crippen LogP contribution >= 0.6 is 11.8 Å². The Bertz CT molecular complexity index is 335. The summed E-state index contributed by atoms with van der Waals surface area (Å²) in [6.07, 6.45) is 1.59. The highest BCUT2D eigenvalue weighted by molar-refractivity contribution is 8.00. The molecule has 0 aliphatic heterocycles. The van der Waals surface area contributed by atoms with Gasteiger partial charge in [-0.05, 0) is 0 Å². The summed E-state index contributed by atoms with van der Waals surface area (Å²) in [6.45, 7) is 1.82. The molecule has 0 rings (SSSR count). The number of nitriles is 1. The zero-order chi connectivity index (χ0) is 12.6. The number of hydrogen-bond donors (Lipinski definition) is 1. The first kappa shape index (κ1) is 14.5. The number of ketones is 2. The van der Waals surface area contributed by atoms with E-state index in [-0.39, 0.29) is 17.5 Å². The van der Waals surface area contributed by atoms with Crippen molar-refractivity contribution in [1.29, 1.82) is 5.26 Å². The molecule has 6 nitrogen and oxygen atoms in total. The van der Waals surface area contributed by atoms with E-state index in [1.807, 2.05) is 0 Å². The van der Waals surface area contributed by atoms with Crippen molar-refractivity contribution in [2.24, 2.45) is 10.7 Å². The Morgan fingerprint density at radius 1 is 1.56 bits per heavy atom. The number of guanidine groups is 1. The van der Waals surface area contributed by atoms with Crippen molar-refractivity contribution >= 4 is 29.3 Å². The fourth-order valence-corrected chi connectivity index (χ4v) is 1.66. The van der Waals surface area contributed by atoms with Gasteiger partial charge >= 0.3 is 0 Å². The molecule has 0 spiro atoms. The van der Waals surface area contributed by atoms with Crippen LogP contribution in [0.5, 0.6) is 0 Å². The summed E-state index contributed by atoms with van der Waals surface area (Å²) in [5.41, 5.74) is 5.44. The topological polar surface area (TPSA) is 99.6 Å². The second-order valence-corrected chi connectivity index (χ2v) is 4.13. The Labute approximate surface area is 98.5 Å². The lowest BCUT2D eigenvalue weighted by atomic mass is 10.3. The fourth-order valence-electron chi connectivity index (χ4n) is 0.719. The van der Waals surface area contributed by atoms with Gasteiger partial charge < -0.3 is 10.6 Å².